The van der Waals surface area contributed by atoms with E-state index in [1.165, 1.54) is 7.11 Å². The van der Waals surface area contributed by atoms with Crippen LogP contribution in [0.2, 0.25) is 0 Å². The summed E-state index contributed by atoms with van der Waals surface area (Å²) in [5.41, 5.74) is 1.77. The van der Waals surface area contributed by atoms with E-state index in [1.54, 1.807) is 6.20 Å². The number of methoxy groups -OCH3 is 1. The molecule has 1 rings (SSSR count). The van der Waals surface area contributed by atoms with E-state index in [-0.39, 0.29) is 5.97 Å². The van der Waals surface area contributed by atoms with Crippen molar-refractivity contribution in [1.82, 2.24) is 15.2 Å². The predicted molar refractivity (Wildman–Crippen MR) is 79.5 cm³/mol. The lowest BCUT2D eigenvalue weighted by Crippen LogP contribution is -2.36. The van der Waals surface area contributed by atoms with Crippen molar-refractivity contribution in [2.45, 2.75) is 26.8 Å². The highest BCUT2D eigenvalue weighted by Gasteiger charge is 2.21. The smallest absolute Gasteiger partial charge is 0.327 e. The van der Waals surface area contributed by atoms with Crippen LogP contribution in [0.4, 0.5) is 0 Å². The van der Waals surface area contributed by atoms with Gasteiger partial charge < -0.3 is 9.64 Å². The van der Waals surface area contributed by atoms with Gasteiger partial charge in [-0.1, -0.05) is 19.9 Å². The lowest BCUT2D eigenvalue weighted by molar-refractivity contribution is -0.143. The first kappa shape index (κ1) is 16.6. The summed E-state index contributed by atoms with van der Waals surface area (Å²) >= 11 is 0. The molecule has 1 aromatic rings. The number of ether oxygens (including phenoxy) is 1. The monoisotopic (exact) mass is 279 g/mol. The van der Waals surface area contributed by atoms with E-state index in [0.717, 1.165) is 37.4 Å². The number of likely N-dealkylation sites (N-methyl/N-ethyl adjacent to an activating group) is 1. The number of hydrogen-bond donors (Lipinski definition) is 1. The second kappa shape index (κ2) is 8.66. The number of nitrogens with one attached hydrogen (secondary N) is 1. The number of carbonyl (C=O) groups is 1. The van der Waals surface area contributed by atoms with Crippen LogP contribution in [0.25, 0.3) is 0 Å². The van der Waals surface area contributed by atoms with Gasteiger partial charge in [-0.3, -0.25) is 10.3 Å². The van der Waals surface area contributed by atoms with Gasteiger partial charge in [0.25, 0.3) is 0 Å². The number of pyridine rings is 1. The summed E-state index contributed by atoms with van der Waals surface area (Å²) in [7, 11) is 1.41. The highest BCUT2D eigenvalue weighted by molar-refractivity contribution is 5.77. The van der Waals surface area contributed by atoms with Crippen molar-refractivity contribution in [1.29, 1.82) is 0 Å². The van der Waals surface area contributed by atoms with Gasteiger partial charge >= 0.3 is 5.97 Å². The van der Waals surface area contributed by atoms with Gasteiger partial charge in [0.2, 0.25) is 0 Å². The van der Waals surface area contributed by atoms with Crippen molar-refractivity contribution in [2.75, 3.05) is 33.3 Å². The molecule has 5 heteroatoms. The fraction of sp³-hybridized carbons (Fsp3) is 0.600. The molecule has 0 aliphatic carbocycles. The molecule has 0 saturated heterocycles. The first-order chi connectivity index (χ1) is 9.62. The molecular weight excluding hydrogens is 254 g/mol. The van der Waals surface area contributed by atoms with Crippen LogP contribution in [0.3, 0.4) is 0 Å². The summed E-state index contributed by atoms with van der Waals surface area (Å²) in [6, 6.07) is 3.36. The summed E-state index contributed by atoms with van der Waals surface area (Å²) in [4.78, 5) is 18.4. The first-order valence-corrected chi connectivity index (χ1v) is 7.08. The second-order valence-electron chi connectivity index (χ2n) is 4.67. The zero-order valence-corrected chi connectivity index (χ0v) is 12.8. The largest absolute Gasteiger partial charge is 0.468 e. The van der Waals surface area contributed by atoms with Crippen LogP contribution in [-0.2, 0) is 9.53 Å². The maximum atomic E-state index is 11.9. The topological polar surface area (TPSA) is 54.5 Å². The predicted octanol–water partition coefficient (Wildman–Crippen LogP) is 1.54. The lowest BCUT2D eigenvalue weighted by atomic mass is 10.1. The third-order valence-corrected chi connectivity index (χ3v) is 3.38. The van der Waals surface area contributed by atoms with Crippen LogP contribution in [0.15, 0.2) is 18.3 Å². The molecule has 0 saturated carbocycles. The van der Waals surface area contributed by atoms with Crippen LogP contribution >= 0.6 is 0 Å². The Morgan fingerprint density at radius 3 is 2.60 bits per heavy atom. The van der Waals surface area contributed by atoms with E-state index in [9.17, 15) is 4.79 Å². The van der Waals surface area contributed by atoms with E-state index in [0.29, 0.717) is 0 Å². The summed E-state index contributed by atoms with van der Waals surface area (Å²) in [5, 5.41) is 3.25. The average Bonchev–Trinajstić information content (AvgIpc) is 2.48. The van der Waals surface area contributed by atoms with Crippen molar-refractivity contribution in [3.8, 4) is 0 Å². The van der Waals surface area contributed by atoms with Gasteiger partial charge in [0.1, 0.15) is 6.04 Å². The third-order valence-electron chi connectivity index (χ3n) is 3.38. The van der Waals surface area contributed by atoms with E-state index >= 15 is 0 Å². The molecule has 112 valence electrons. The molecule has 0 aliphatic rings. The minimum absolute atomic E-state index is 0.282. The highest BCUT2D eigenvalue weighted by Crippen LogP contribution is 2.13. The van der Waals surface area contributed by atoms with Crippen LogP contribution < -0.4 is 5.32 Å². The van der Waals surface area contributed by atoms with Gasteiger partial charge in [-0.05, 0) is 31.6 Å². The van der Waals surface area contributed by atoms with Gasteiger partial charge in [0.15, 0.2) is 0 Å². The van der Waals surface area contributed by atoms with Gasteiger partial charge in [-0.25, -0.2) is 4.79 Å². The van der Waals surface area contributed by atoms with Crippen molar-refractivity contribution >= 4 is 5.97 Å². The molecule has 0 aromatic carbocycles. The Labute approximate surface area is 121 Å². The molecule has 1 unspecified atom stereocenters. The molecule has 0 amide bonds. The van der Waals surface area contributed by atoms with Gasteiger partial charge in [0.05, 0.1) is 7.11 Å². The standard InChI is InChI=1S/C15H25N3O2/c1-5-18(6-2)10-9-16-14(15(19)20-4)13-8-7-12(3)17-11-13/h7-8,11,14,16H,5-6,9-10H2,1-4H3. The summed E-state index contributed by atoms with van der Waals surface area (Å²) in [6.45, 7) is 9.83. The van der Waals surface area contributed by atoms with Crippen molar-refractivity contribution in [2.24, 2.45) is 0 Å². The first-order valence-electron chi connectivity index (χ1n) is 7.08. The zero-order valence-electron chi connectivity index (χ0n) is 12.8. The Kier molecular flexibility index (Phi) is 7.18. The second-order valence-corrected chi connectivity index (χ2v) is 4.67. The van der Waals surface area contributed by atoms with E-state index in [2.05, 4.69) is 29.0 Å². The number of esters is 1. The van der Waals surface area contributed by atoms with E-state index in [1.807, 2.05) is 19.1 Å². The molecule has 0 radical (unpaired) electrons. The number of aryl methyl sites for hydroxylation is 1. The normalized spacial score (nSPS) is 12.4. The van der Waals surface area contributed by atoms with Crippen molar-refractivity contribution in [3.05, 3.63) is 29.6 Å². The minimum atomic E-state index is -0.455. The minimum Gasteiger partial charge on any atom is -0.468 e. The summed E-state index contributed by atoms with van der Waals surface area (Å²) in [5.74, 6) is -0.282. The summed E-state index contributed by atoms with van der Waals surface area (Å²) < 4.78 is 4.86. The molecule has 1 atom stereocenters. The van der Waals surface area contributed by atoms with E-state index < -0.39 is 6.04 Å². The SMILES string of the molecule is CCN(CC)CCNC(C(=O)OC)c1ccc(C)nc1. The number of aromatic nitrogens is 1. The molecular formula is C15H25N3O2. The molecule has 0 spiro atoms. The quantitative estimate of drug-likeness (QED) is 0.732. The Hall–Kier alpha value is -1.46. The average molecular weight is 279 g/mol. The van der Waals surface area contributed by atoms with Crippen molar-refractivity contribution < 1.29 is 9.53 Å². The fourth-order valence-corrected chi connectivity index (χ4v) is 2.01. The highest BCUT2D eigenvalue weighted by atomic mass is 16.5. The number of carbonyl (C=O) groups excluding carboxylic acids is 1. The molecule has 0 fully saturated rings. The number of nitrogens with zero attached hydrogens (tertiary/aromatic N) is 2. The molecule has 5 nitrogen and oxygen atoms in total. The Morgan fingerprint density at radius 1 is 1.40 bits per heavy atom. The van der Waals surface area contributed by atoms with Crippen LogP contribution in [0.5, 0.6) is 0 Å². The molecule has 1 heterocycles. The van der Waals surface area contributed by atoms with E-state index in [4.69, 9.17) is 4.74 Å². The van der Waals surface area contributed by atoms with Crippen LogP contribution in [0, 0.1) is 6.92 Å². The zero-order chi connectivity index (χ0) is 15.0. The van der Waals surface area contributed by atoms with Crippen LogP contribution in [-0.4, -0.2) is 49.1 Å². The fourth-order valence-electron chi connectivity index (χ4n) is 2.01. The molecule has 20 heavy (non-hydrogen) atoms. The Morgan fingerprint density at radius 2 is 2.10 bits per heavy atom. The number of rotatable bonds is 8. The molecule has 0 bridgehead atoms. The lowest BCUT2D eigenvalue weighted by Gasteiger charge is -2.21. The van der Waals surface area contributed by atoms with Gasteiger partial charge in [-0.2, -0.15) is 0 Å². The Balaban J connectivity index is 2.66. The van der Waals surface area contributed by atoms with Gasteiger partial charge in [-0.15, -0.1) is 0 Å². The van der Waals surface area contributed by atoms with Gasteiger partial charge in [0, 0.05) is 25.0 Å². The maximum absolute atomic E-state index is 11.9. The molecule has 0 aliphatic heterocycles. The summed E-state index contributed by atoms with van der Waals surface area (Å²) in [6.07, 6.45) is 1.72. The van der Waals surface area contributed by atoms with Crippen molar-refractivity contribution in [3.63, 3.8) is 0 Å². The molecule has 1 N–H and O–H groups in total. The number of hydrogen-bond acceptors (Lipinski definition) is 5. The Bertz CT molecular complexity index is 402. The molecule has 1 aromatic heterocycles. The maximum Gasteiger partial charge on any atom is 0.327 e. The van der Waals surface area contributed by atoms with Crippen LogP contribution in [0.1, 0.15) is 31.1 Å². The third kappa shape index (κ3) is 4.90.